The smallest absolute Gasteiger partial charge is 0.256 e. The van der Waals surface area contributed by atoms with Crippen LogP contribution >= 0.6 is 0 Å². The average Bonchev–Trinajstić information content (AvgIpc) is 2.44. The number of hydrogen-bond donors (Lipinski definition) is 1. The maximum Gasteiger partial charge on any atom is 0.256 e. The summed E-state index contributed by atoms with van der Waals surface area (Å²) < 4.78 is 0. The Hall–Kier alpha value is -1.94. The molecule has 2 unspecified atom stereocenters. The van der Waals surface area contributed by atoms with Crippen molar-refractivity contribution in [3.05, 3.63) is 41.6 Å². The van der Waals surface area contributed by atoms with Gasteiger partial charge in [0.25, 0.3) is 5.91 Å². The highest BCUT2D eigenvalue weighted by molar-refractivity contribution is 6.05. The van der Waals surface area contributed by atoms with Crippen molar-refractivity contribution in [2.24, 2.45) is 0 Å². The molecule has 1 aromatic carbocycles. The number of para-hydroxylation sites is 1. The third-order valence-electron chi connectivity index (χ3n) is 3.93. The molecule has 1 aliphatic rings. The first-order valence-corrected chi connectivity index (χ1v) is 7.46. The lowest BCUT2D eigenvalue weighted by atomic mass is 10.1. The molecule has 1 fully saturated rings. The molecule has 1 aromatic heterocycles. The van der Waals surface area contributed by atoms with Gasteiger partial charge in [0.15, 0.2) is 0 Å². The van der Waals surface area contributed by atoms with Crippen molar-refractivity contribution in [1.82, 2.24) is 15.2 Å². The fourth-order valence-corrected chi connectivity index (χ4v) is 3.08. The molecule has 1 N–H and O–H groups in total. The van der Waals surface area contributed by atoms with Gasteiger partial charge in [-0.15, -0.1) is 0 Å². The second-order valence-electron chi connectivity index (χ2n) is 6.01. The van der Waals surface area contributed by atoms with Crippen molar-refractivity contribution in [1.29, 1.82) is 0 Å². The fourth-order valence-electron chi connectivity index (χ4n) is 3.08. The van der Waals surface area contributed by atoms with Crippen LogP contribution in [0.5, 0.6) is 0 Å². The molecule has 1 amide bonds. The Bertz CT molecular complexity index is 673. The summed E-state index contributed by atoms with van der Waals surface area (Å²) in [5.41, 5.74) is 2.45. The van der Waals surface area contributed by atoms with E-state index in [9.17, 15) is 4.79 Å². The van der Waals surface area contributed by atoms with E-state index in [-0.39, 0.29) is 5.91 Å². The number of nitrogens with zero attached hydrogens (tertiary/aromatic N) is 2. The van der Waals surface area contributed by atoms with Gasteiger partial charge in [-0.25, -0.2) is 0 Å². The third kappa shape index (κ3) is 2.76. The van der Waals surface area contributed by atoms with E-state index in [0.29, 0.717) is 17.6 Å². The number of rotatable bonds is 1. The summed E-state index contributed by atoms with van der Waals surface area (Å²) in [6, 6.07) is 10.5. The molecule has 0 radical (unpaired) electrons. The van der Waals surface area contributed by atoms with E-state index < -0.39 is 0 Å². The average molecular weight is 283 g/mol. The van der Waals surface area contributed by atoms with Gasteiger partial charge < -0.3 is 10.2 Å². The number of benzene rings is 1. The van der Waals surface area contributed by atoms with E-state index in [1.54, 1.807) is 0 Å². The van der Waals surface area contributed by atoms with Gasteiger partial charge in [-0.3, -0.25) is 9.78 Å². The van der Waals surface area contributed by atoms with Crippen molar-refractivity contribution < 1.29 is 4.79 Å². The van der Waals surface area contributed by atoms with Crippen LogP contribution in [0.2, 0.25) is 0 Å². The van der Waals surface area contributed by atoms with E-state index in [1.807, 2.05) is 42.2 Å². The van der Waals surface area contributed by atoms with E-state index in [0.717, 1.165) is 29.7 Å². The molecular formula is C17H21N3O. The number of piperazine rings is 1. The molecule has 1 aliphatic heterocycles. The SMILES string of the molecule is Cc1ccc2cccc(C(=O)N3CC(C)NC(C)C3)c2n1. The predicted octanol–water partition coefficient (Wildman–Crippen LogP) is 2.37. The highest BCUT2D eigenvalue weighted by Crippen LogP contribution is 2.20. The van der Waals surface area contributed by atoms with Crippen LogP contribution < -0.4 is 5.32 Å². The molecule has 4 nitrogen and oxygen atoms in total. The standard InChI is InChI=1S/C17H21N3O/c1-11-7-8-14-5-4-6-15(16(14)19-11)17(21)20-9-12(2)18-13(3)10-20/h4-8,12-13,18H,9-10H2,1-3H3. The number of pyridine rings is 1. The van der Waals surface area contributed by atoms with Gasteiger partial charge in [-0.1, -0.05) is 18.2 Å². The first-order chi connectivity index (χ1) is 10.0. The number of amides is 1. The Morgan fingerprint density at radius 2 is 1.90 bits per heavy atom. The highest BCUT2D eigenvalue weighted by atomic mass is 16.2. The molecule has 4 heteroatoms. The van der Waals surface area contributed by atoms with Gasteiger partial charge in [-0.05, 0) is 32.9 Å². The maximum absolute atomic E-state index is 12.9. The molecule has 110 valence electrons. The van der Waals surface area contributed by atoms with Crippen molar-refractivity contribution >= 4 is 16.8 Å². The molecule has 2 atom stereocenters. The number of carbonyl (C=O) groups excluding carboxylic acids is 1. The van der Waals surface area contributed by atoms with Crippen molar-refractivity contribution in [3.8, 4) is 0 Å². The van der Waals surface area contributed by atoms with Crippen LogP contribution in [0.3, 0.4) is 0 Å². The van der Waals surface area contributed by atoms with Crippen LogP contribution in [0.15, 0.2) is 30.3 Å². The number of nitrogens with one attached hydrogen (secondary N) is 1. The Kier molecular flexibility index (Phi) is 3.64. The van der Waals surface area contributed by atoms with Crippen molar-refractivity contribution in [2.45, 2.75) is 32.9 Å². The molecular weight excluding hydrogens is 262 g/mol. The Morgan fingerprint density at radius 1 is 1.19 bits per heavy atom. The lowest BCUT2D eigenvalue weighted by Crippen LogP contribution is -2.55. The van der Waals surface area contributed by atoms with Crippen LogP contribution in [-0.4, -0.2) is 41.0 Å². The van der Waals surface area contributed by atoms with Crippen LogP contribution in [0.1, 0.15) is 29.9 Å². The minimum atomic E-state index is 0.0823. The Balaban J connectivity index is 1.99. The minimum absolute atomic E-state index is 0.0823. The van der Waals surface area contributed by atoms with Crippen LogP contribution in [0.25, 0.3) is 10.9 Å². The summed E-state index contributed by atoms with van der Waals surface area (Å²) in [6.45, 7) is 7.66. The lowest BCUT2D eigenvalue weighted by molar-refractivity contribution is 0.0675. The van der Waals surface area contributed by atoms with Gasteiger partial charge in [0.2, 0.25) is 0 Å². The molecule has 2 aromatic rings. The van der Waals surface area contributed by atoms with E-state index in [1.165, 1.54) is 0 Å². The van der Waals surface area contributed by atoms with Crippen LogP contribution in [-0.2, 0) is 0 Å². The van der Waals surface area contributed by atoms with E-state index >= 15 is 0 Å². The molecule has 1 saturated heterocycles. The largest absolute Gasteiger partial charge is 0.335 e. The van der Waals surface area contributed by atoms with Gasteiger partial charge >= 0.3 is 0 Å². The maximum atomic E-state index is 12.9. The second kappa shape index (κ2) is 5.45. The summed E-state index contributed by atoms with van der Waals surface area (Å²) in [7, 11) is 0. The summed E-state index contributed by atoms with van der Waals surface area (Å²) in [5, 5.41) is 4.47. The molecule has 0 spiro atoms. The van der Waals surface area contributed by atoms with Crippen molar-refractivity contribution in [2.75, 3.05) is 13.1 Å². The van der Waals surface area contributed by atoms with Crippen LogP contribution in [0.4, 0.5) is 0 Å². The molecule has 0 saturated carbocycles. The highest BCUT2D eigenvalue weighted by Gasteiger charge is 2.26. The summed E-state index contributed by atoms with van der Waals surface area (Å²) in [5.74, 6) is 0.0823. The zero-order valence-electron chi connectivity index (χ0n) is 12.8. The Morgan fingerprint density at radius 3 is 2.62 bits per heavy atom. The van der Waals surface area contributed by atoms with E-state index in [4.69, 9.17) is 0 Å². The molecule has 21 heavy (non-hydrogen) atoms. The van der Waals surface area contributed by atoms with Gasteiger partial charge in [0.1, 0.15) is 0 Å². The predicted molar refractivity (Wildman–Crippen MR) is 84.4 cm³/mol. The quantitative estimate of drug-likeness (QED) is 0.874. The summed E-state index contributed by atoms with van der Waals surface area (Å²) in [6.07, 6.45) is 0. The number of fused-ring (bicyclic) bond motifs is 1. The number of aryl methyl sites for hydroxylation is 1. The van der Waals surface area contributed by atoms with Crippen molar-refractivity contribution in [3.63, 3.8) is 0 Å². The molecule has 0 aliphatic carbocycles. The third-order valence-corrected chi connectivity index (χ3v) is 3.93. The Labute approximate surface area is 125 Å². The van der Waals surface area contributed by atoms with Crippen LogP contribution in [0, 0.1) is 6.92 Å². The zero-order chi connectivity index (χ0) is 15.0. The lowest BCUT2D eigenvalue weighted by Gasteiger charge is -2.36. The zero-order valence-corrected chi connectivity index (χ0v) is 12.8. The summed E-state index contributed by atoms with van der Waals surface area (Å²) >= 11 is 0. The monoisotopic (exact) mass is 283 g/mol. The van der Waals surface area contributed by atoms with E-state index in [2.05, 4.69) is 24.1 Å². The minimum Gasteiger partial charge on any atom is -0.335 e. The van der Waals surface area contributed by atoms with Gasteiger partial charge in [0, 0.05) is 36.3 Å². The first-order valence-electron chi connectivity index (χ1n) is 7.46. The fraction of sp³-hybridized carbons (Fsp3) is 0.412. The number of hydrogen-bond acceptors (Lipinski definition) is 3. The topological polar surface area (TPSA) is 45.2 Å². The number of carbonyl (C=O) groups is 1. The van der Waals surface area contributed by atoms with Gasteiger partial charge in [0.05, 0.1) is 11.1 Å². The normalized spacial score (nSPS) is 22.5. The number of aromatic nitrogens is 1. The molecule has 2 heterocycles. The van der Waals surface area contributed by atoms with Gasteiger partial charge in [-0.2, -0.15) is 0 Å². The second-order valence-corrected chi connectivity index (χ2v) is 6.01. The molecule has 0 bridgehead atoms. The first kappa shape index (κ1) is 14.0. The molecule has 3 rings (SSSR count). The summed E-state index contributed by atoms with van der Waals surface area (Å²) in [4.78, 5) is 19.4.